The molecule has 2 heteroatoms. The van der Waals surface area contributed by atoms with Crippen LogP contribution in [0.1, 0.15) is 33.6 Å². The average molecular weight is 170 g/mol. The minimum atomic E-state index is -0.809. The van der Waals surface area contributed by atoms with Gasteiger partial charge in [-0.1, -0.05) is 19.9 Å². The van der Waals surface area contributed by atoms with Gasteiger partial charge in [-0.05, 0) is 30.8 Å². The lowest BCUT2D eigenvalue weighted by Crippen LogP contribution is -2.38. The van der Waals surface area contributed by atoms with Gasteiger partial charge in [0.25, 0.3) is 0 Å². The normalized spacial score (nSPS) is 34.6. The van der Waals surface area contributed by atoms with Gasteiger partial charge in [0, 0.05) is 0 Å². The zero-order chi connectivity index (χ0) is 9.41. The second-order valence-corrected chi connectivity index (χ2v) is 4.71. The van der Waals surface area contributed by atoms with Crippen LogP contribution in [0.15, 0.2) is 11.6 Å². The van der Waals surface area contributed by atoms with Gasteiger partial charge in [0.05, 0.1) is 12.2 Å². The SMILES string of the molecule is CC1(C)CC=C(CO)C(C)(O)C1. The summed E-state index contributed by atoms with van der Waals surface area (Å²) < 4.78 is 0. The fraction of sp³-hybridized carbons (Fsp3) is 0.800. The first-order valence-corrected chi connectivity index (χ1v) is 4.40. The van der Waals surface area contributed by atoms with Gasteiger partial charge < -0.3 is 10.2 Å². The molecular formula is C10H18O2. The first-order chi connectivity index (χ1) is 5.37. The van der Waals surface area contributed by atoms with E-state index in [1.54, 1.807) is 6.92 Å². The zero-order valence-electron chi connectivity index (χ0n) is 8.09. The largest absolute Gasteiger partial charge is 0.392 e. The van der Waals surface area contributed by atoms with Crippen molar-refractivity contribution in [2.24, 2.45) is 5.41 Å². The zero-order valence-corrected chi connectivity index (χ0v) is 8.09. The Kier molecular flexibility index (Phi) is 2.32. The highest BCUT2D eigenvalue weighted by atomic mass is 16.3. The van der Waals surface area contributed by atoms with Crippen molar-refractivity contribution < 1.29 is 10.2 Å². The van der Waals surface area contributed by atoms with Gasteiger partial charge in [-0.15, -0.1) is 0 Å². The molecule has 0 aromatic heterocycles. The van der Waals surface area contributed by atoms with Gasteiger partial charge in [-0.25, -0.2) is 0 Å². The van der Waals surface area contributed by atoms with E-state index in [1.165, 1.54) is 0 Å². The topological polar surface area (TPSA) is 40.5 Å². The van der Waals surface area contributed by atoms with Gasteiger partial charge in [0.1, 0.15) is 0 Å². The third-order valence-electron chi connectivity index (χ3n) is 2.59. The number of hydrogen-bond donors (Lipinski definition) is 2. The second kappa shape index (κ2) is 2.86. The van der Waals surface area contributed by atoms with Crippen molar-refractivity contribution in [1.82, 2.24) is 0 Å². The van der Waals surface area contributed by atoms with Gasteiger partial charge in [-0.3, -0.25) is 0 Å². The van der Waals surface area contributed by atoms with E-state index in [9.17, 15) is 5.11 Å². The molecule has 0 radical (unpaired) electrons. The van der Waals surface area contributed by atoms with Crippen LogP contribution in [-0.4, -0.2) is 22.4 Å². The summed E-state index contributed by atoms with van der Waals surface area (Å²) in [5, 5.41) is 18.9. The van der Waals surface area contributed by atoms with Gasteiger partial charge in [-0.2, -0.15) is 0 Å². The molecular weight excluding hydrogens is 152 g/mol. The Morgan fingerprint density at radius 1 is 1.42 bits per heavy atom. The molecule has 0 aromatic carbocycles. The Bertz CT molecular complexity index is 202. The third kappa shape index (κ3) is 1.87. The molecule has 0 saturated carbocycles. The molecule has 1 atom stereocenters. The highest BCUT2D eigenvalue weighted by Gasteiger charge is 2.36. The van der Waals surface area contributed by atoms with Crippen LogP contribution in [0, 0.1) is 5.41 Å². The maximum absolute atomic E-state index is 9.94. The molecule has 0 aromatic rings. The van der Waals surface area contributed by atoms with E-state index in [0.29, 0.717) is 0 Å². The van der Waals surface area contributed by atoms with Crippen molar-refractivity contribution in [3.8, 4) is 0 Å². The van der Waals surface area contributed by atoms with Crippen LogP contribution in [0.3, 0.4) is 0 Å². The van der Waals surface area contributed by atoms with Crippen molar-refractivity contribution in [2.45, 2.75) is 39.2 Å². The van der Waals surface area contributed by atoms with E-state index in [4.69, 9.17) is 5.11 Å². The molecule has 1 rings (SSSR count). The molecule has 0 bridgehead atoms. The monoisotopic (exact) mass is 170 g/mol. The first-order valence-electron chi connectivity index (χ1n) is 4.40. The van der Waals surface area contributed by atoms with Crippen molar-refractivity contribution in [1.29, 1.82) is 0 Å². The first kappa shape index (κ1) is 9.75. The van der Waals surface area contributed by atoms with Crippen LogP contribution < -0.4 is 0 Å². The maximum Gasteiger partial charge on any atom is 0.0855 e. The standard InChI is InChI=1S/C10H18O2/c1-9(2)5-4-8(6-11)10(3,12)7-9/h4,11-12H,5-7H2,1-3H3. The predicted molar refractivity (Wildman–Crippen MR) is 48.8 cm³/mol. The van der Waals surface area contributed by atoms with Crippen molar-refractivity contribution in [2.75, 3.05) is 6.61 Å². The third-order valence-corrected chi connectivity index (χ3v) is 2.59. The van der Waals surface area contributed by atoms with Crippen LogP contribution in [0.2, 0.25) is 0 Å². The average Bonchev–Trinajstić information content (AvgIpc) is 1.83. The fourth-order valence-electron chi connectivity index (χ4n) is 1.97. The Labute approximate surface area is 73.9 Å². The van der Waals surface area contributed by atoms with Crippen LogP contribution in [0.25, 0.3) is 0 Å². The molecule has 1 aliphatic rings. The predicted octanol–water partition coefficient (Wildman–Crippen LogP) is 1.48. The quantitative estimate of drug-likeness (QED) is 0.585. The van der Waals surface area contributed by atoms with Crippen molar-refractivity contribution >= 4 is 0 Å². The van der Waals surface area contributed by atoms with Crippen LogP contribution in [0.5, 0.6) is 0 Å². The summed E-state index contributed by atoms with van der Waals surface area (Å²) in [7, 11) is 0. The van der Waals surface area contributed by atoms with Crippen molar-refractivity contribution in [3.63, 3.8) is 0 Å². The summed E-state index contributed by atoms with van der Waals surface area (Å²) in [5.74, 6) is 0. The summed E-state index contributed by atoms with van der Waals surface area (Å²) >= 11 is 0. The lowest BCUT2D eigenvalue weighted by atomic mass is 9.71. The lowest BCUT2D eigenvalue weighted by Gasteiger charge is -2.39. The molecule has 2 nitrogen and oxygen atoms in total. The smallest absolute Gasteiger partial charge is 0.0855 e. The minimum absolute atomic E-state index is 0.0247. The van der Waals surface area contributed by atoms with Gasteiger partial charge >= 0.3 is 0 Å². The molecule has 12 heavy (non-hydrogen) atoms. The summed E-state index contributed by atoms with van der Waals surface area (Å²) in [6.45, 7) is 6.01. The molecule has 1 aliphatic carbocycles. The van der Waals surface area contributed by atoms with Crippen LogP contribution in [0.4, 0.5) is 0 Å². The highest BCUT2D eigenvalue weighted by Crippen LogP contribution is 2.40. The number of aliphatic hydroxyl groups is 2. The summed E-state index contributed by atoms with van der Waals surface area (Å²) in [6, 6.07) is 0. The summed E-state index contributed by atoms with van der Waals surface area (Å²) in [5.41, 5.74) is 0.111. The molecule has 2 N–H and O–H groups in total. The number of rotatable bonds is 1. The van der Waals surface area contributed by atoms with Crippen LogP contribution in [-0.2, 0) is 0 Å². The summed E-state index contributed by atoms with van der Waals surface area (Å²) in [4.78, 5) is 0. The van der Waals surface area contributed by atoms with E-state index < -0.39 is 5.60 Å². The highest BCUT2D eigenvalue weighted by molar-refractivity contribution is 5.20. The molecule has 1 unspecified atom stereocenters. The van der Waals surface area contributed by atoms with E-state index in [2.05, 4.69) is 13.8 Å². The molecule has 70 valence electrons. The van der Waals surface area contributed by atoms with E-state index in [1.807, 2.05) is 6.08 Å². The number of aliphatic hydroxyl groups excluding tert-OH is 1. The molecule has 0 spiro atoms. The Hall–Kier alpha value is -0.340. The van der Waals surface area contributed by atoms with E-state index in [-0.39, 0.29) is 12.0 Å². The number of hydrogen-bond acceptors (Lipinski definition) is 2. The molecule has 0 amide bonds. The molecule has 0 saturated heterocycles. The van der Waals surface area contributed by atoms with Gasteiger partial charge in [0.15, 0.2) is 0 Å². The molecule has 0 heterocycles. The maximum atomic E-state index is 9.94. The molecule has 0 fully saturated rings. The lowest BCUT2D eigenvalue weighted by molar-refractivity contribution is 0.0288. The Morgan fingerprint density at radius 2 is 2.00 bits per heavy atom. The number of allylic oxidation sites excluding steroid dienone is 1. The summed E-state index contributed by atoms with van der Waals surface area (Å²) in [6.07, 6.45) is 3.63. The second-order valence-electron chi connectivity index (χ2n) is 4.71. The minimum Gasteiger partial charge on any atom is -0.392 e. The Morgan fingerprint density at radius 3 is 2.42 bits per heavy atom. The van der Waals surface area contributed by atoms with Crippen molar-refractivity contribution in [3.05, 3.63) is 11.6 Å². The van der Waals surface area contributed by atoms with E-state index in [0.717, 1.165) is 18.4 Å². The fourth-order valence-corrected chi connectivity index (χ4v) is 1.97. The Balaban J connectivity index is 2.87. The van der Waals surface area contributed by atoms with Gasteiger partial charge in [0.2, 0.25) is 0 Å². The van der Waals surface area contributed by atoms with E-state index >= 15 is 0 Å². The molecule has 0 aliphatic heterocycles. The van der Waals surface area contributed by atoms with Crippen LogP contribution >= 0.6 is 0 Å².